The minimum atomic E-state index is -3.24. The second-order valence-corrected chi connectivity index (χ2v) is 9.51. The summed E-state index contributed by atoms with van der Waals surface area (Å²) < 4.78 is 24.7. The van der Waals surface area contributed by atoms with Crippen molar-refractivity contribution in [2.45, 2.75) is 30.7 Å². The number of benzene rings is 2. The smallest absolute Gasteiger partial charge is 0.191 e. The van der Waals surface area contributed by atoms with Crippen LogP contribution in [0, 0.1) is 6.92 Å². The number of hydrogen-bond donors (Lipinski definition) is 2. The molecule has 1 aliphatic heterocycles. The molecule has 164 valence electrons. The predicted octanol–water partition coefficient (Wildman–Crippen LogP) is 3.22. The average molecular weight is 542 g/mol. The molecule has 1 saturated heterocycles. The van der Waals surface area contributed by atoms with Crippen LogP contribution in [0.25, 0.3) is 0 Å². The number of aliphatic imine (C=N–C) groups is 1. The van der Waals surface area contributed by atoms with Gasteiger partial charge >= 0.3 is 0 Å². The lowest BCUT2D eigenvalue weighted by molar-refractivity contribution is 0.591. The van der Waals surface area contributed by atoms with Crippen LogP contribution in [0.1, 0.15) is 18.4 Å². The first-order valence-corrected chi connectivity index (χ1v) is 11.7. The van der Waals surface area contributed by atoms with Crippen LogP contribution in [0.3, 0.4) is 0 Å². The number of nitrogens with zero attached hydrogens (tertiary/aromatic N) is 2. The lowest BCUT2D eigenvalue weighted by atomic mass is 10.2. The lowest BCUT2D eigenvalue weighted by Crippen LogP contribution is -2.45. The summed E-state index contributed by atoms with van der Waals surface area (Å²) in [5, 5.41) is 6.69. The topological polar surface area (TPSA) is 73.8 Å². The van der Waals surface area contributed by atoms with Gasteiger partial charge in [-0.1, -0.05) is 35.9 Å². The van der Waals surface area contributed by atoms with Crippen molar-refractivity contribution in [3.63, 3.8) is 0 Å². The Morgan fingerprint density at radius 3 is 2.50 bits per heavy atom. The van der Waals surface area contributed by atoms with Crippen LogP contribution in [0.4, 0.5) is 5.69 Å². The predicted molar refractivity (Wildman–Crippen MR) is 135 cm³/mol. The lowest BCUT2D eigenvalue weighted by Gasteiger charge is -2.20. The van der Waals surface area contributed by atoms with Crippen molar-refractivity contribution < 1.29 is 8.42 Å². The fraction of sp³-hybridized carbons (Fsp3) is 0.409. The van der Waals surface area contributed by atoms with Gasteiger partial charge in [-0.3, -0.25) is 4.99 Å². The van der Waals surface area contributed by atoms with Gasteiger partial charge in [-0.2, -0.15) is 0 Å². The Labute approximate surface area is 197 Å². The monoisotopic (exact) mass is 542 g/mol. The Kier molecular flexibility index (Phi) is 9.41. The normalized spacial score (nSPS) is 16.8. The van der Waals surface area contributed by atoms with Crippen LogP contribution in [-0.4, -0.2) is 52.9 Å². The van der Waals surface area contributed by atoms with Crippen LogP contribution >= 0.6 is 24.0 Å². The van der Waals surface area contributed by atoms with E-state index in [2.05, 4.69) is 51.7 Å². The van der Waals surface area contributed by atoms with Crippen LogP contribution in [0.2, 0.25) is 0 Å². The molecule has 2 N–H and O–H groups in total. The van der Waals surface area contributed by atoms with Gasteiger partial charge in [0.1, 0.15) is 0 Å². The number of aryl methyl sites for hydroxylation is 1. The largest absolute Gasteiger partial charge is 0.369 e. The molecule has 0 radical (unpaired) electrons. The SMILES string of the molecule is CN=C(NCCCS(=O)(=O)c1ccccc1)NC1CCN(c2ccc(C)cc2)C1.I. The van der Waals surface area contributed by atoms with E-state index in [4.69, 9.17) is 0 Å². The van der Waals surface area contributed by atoms with E-state index in [0.29, 0.717) is 23.9 Å². The van der Waals surface area contributed by atoms with Crippen molar-refractivity contribution in [2.24, 2.45) is 4.99 Å². The summed E-state index contributed by atoms with van der Waals surface area (Å²) in [6, 6.07) is 17.5. The molecule has 2 aromatic carbocycles. The second-order valence-electron chi connectivity index (χ2n) is 7.40. The molecule has 0 saturated carbocycles. The van der Waals surface area contributed by atoms with Crippen LogP contribution in [-0.2, 0) is 9.84 Å². The molecule has 6 nitrogen and oxygen atoms in total. The summed E-state index contributed by atoms with van der Waals surface area (Å²) in [6.45, 7) is 4.58. The van der Waals surface area contributed by atoms with E-state index in [1.807, 2.05) is 6.07 Å². The highest BCUT2D eigenvalue weighted by Gasteiger charge is 2.23. The Bertz CT molecular complexity index is 918. The molecule has 0 bridgehead atoms. The summed E-state index contributed by atoms with van der Waals surface area (Å²) in [6.07, 6.45) is 1.56. The molecule has 1 fully saturated rings. The average Bonchev–Trinajstić information content (AvgIpc) is 3.20. The molecule has 1 aliphatic rings. The van der Waals surface area contributed by atoms with Gasteiger partial charge in [-0.15, -0.1) is 24.0 Å². The Hall–Kier alpha value is -1.81. The van der Waals surface area contributed by atoms with Crippen LogP contribution < -0.4 is 15.5 Å². The maximum Gasteiger partial charge on any atom is 0.191 e. The van der Waals surface area contributed by atoms with Gasteiger partial charge in [0, 0.05) is 38.4 Å². The van der Waals surface area contributed by atoms with Gasteiger partial charge in [-0.25, -0.2) is 8.42 Å². The van der Waals surface area contributed by atoms with E-state index in [1.165, 1.54) is 11.3 Å². The summed E-state index contributed by atoms with van der Waals surface area (Å²) in [7, 11) is -1.50. The van der Waals surface area contributed by atoms with Crippen molar-refractivity contribution in [1.29, 1.82) is 0 Å². The number of rotatable bonds is 7. The third kappa shape index (κ3) is 6.87. The highest BCUT2D eigenvalue weighted by Crippen LogP contribution is 2.20. The summed E-state index contributed by atoms with van der Waals surface area (Å²) in [5.41, 5.74) is 2.51. The maximum atomic E-state index is 12.3. The van der Waals surface area contributed by atoms with Gasteiger partial charge in [0.15, 0.2) is 15.8 Å². The standard InChI is InChI=1S/C22H30N4O2S.HI/c1-18-9-11-20(12-10-18)26-15-13-19(17-26)25-22(23-2)24-14-6-16-29(27,28)21-7-4-3-5-8-21;/h3-5,7-12,19H,6,13-17H2,1-2H3,(H2,23,24,25);1H. The first kappa shape index (κ1) is 24.5. The third-order valence-corrected chi connectivity index (χ3v) is 6.95. The molecule has 2 aromatic rings. The van der Waals surface area contributed by atoms with E-state index in [9.17, 15) is 8.42 Å². The molecule has 8 heteroatoms. The minimum absolute atomic E-state index is 0. The van der Waals surface area contributed by atoms with Crippen molar-refractivity contribution >= 4 is 45.5 Å². The van der Waals surface area contributed by atoms with Gasteiger partial charge in [0.05, 0.1) is 10.6 Å². The van der Waals surface area contributed by atoms with E-state index in [-0.39, 0.29) is 29.7 Å². The maximum absolute atomic E-state index is 12.3. The zero-order chi connectivity index (χ0) is 20.7. The molecule has 0 aromatic heterocycles. The van der Waals surface area contributed by atoms with Crippen molar-refractivity contribution in [3.05, 3.63) is 60.2 Å². The molecule has 0 aliphatic carbocycles. The first-order valence-electron chi connectivity index (χ1n) is 10.0. The second kappa shape index (κ2) is 11.5. The number of halogens is 1. The Morgan fingerprint density at radius 1 is 1.13 bits per heavy atom. The Balaban J connectivity index is 0.00000320. The van der Waals surface area contributed by atoms with E-state index in [1.54, 1.807) is 31.3 Å². The highest BCUT2D eigenvalue weighted by atomic mass is 127. The van der Waals surface area contributed by atoms with E-state index >= 15 is 0 Å². The quantitative estimate of drug-likeness (QED) is 0.243. The van der Waals surface area contributed by atoms with E-state index in [0.717, 1.165) is 25.5 Å². The molecule has 0 spiro atoms. The van der Waals surface area contributed by atoms with Crippen molar-refractivity contribution in [1.82, 2.24) is 10.6 Å². The number of anilines is 1. The van der Waals surface area contributed by atoms with Gasteiger partial charge in [0.2, 0.25) is 0 Å². The zero-order valence-corrected chi connectivity index (χ0v) is 20.7. The third-order valence-electron chi connectivity index (χ3n) is 5.14. The molecule has 1 unspecified atom stereocenters. The first-order chi connectivity index (χ1) is 14.0. The number of hydrogen-bond acceptors (Lipinski definition) is 4. The van der Waals surface area contributed by atoms with Gasteiger partial charge < -0.3 is 15.5 Å². The summed E-state index contributed by atoms with van der Waals surface area (Å²) in [4.78, 5) is 7.03. The summed E-state index contributed by atoms with van der Waals surface area (Å²) >= 11 is 0. The molecular weight excluding hydrogens is 511 g/mol. The van der Waals surface area contributed by atoms with E-state index < -0.39 is 9.84 Å². The van der Waals surface area contributed by atoms with Gasteiger partial charge in [0.25, 0.3) is 0 Å². The molecule has 30 heavy (non-hydrogen) atoms. The van der Waals surface area contributed by atoms with Gasteiger partial charge in [-0.05, 0) is 44.0 Å². The minimum Gasteiger partial charge on any atom is -0.369 e. The Morgan fingerprint density at radius 2 is 1.83 bits per heavy atom. The molecule has 1 atom stereocenters. The fourth-order valence-electron chi connectivity index (χ4n) is 3.47. The fourth-order valence-corrected chi connectivity index (χ4v) is 4.80. The van der Waals surface area contributed by atoms with Crippen LogP contribution in [0.5, 0.6) is 0 Å². The molecular formula is C22H31IN4O2S. The number of sulfone groups is 1. The number of guanidine groups is 1. The highest BCUT2D eigenvalue weighted by molar-refractivity contribution is 14.0. The zero-order valence-electron chi connectivity index (χ0n) is 17.5. The van der Waals surface area contributed by atoms with Crippen molar-refractivity contribution in [3.8, 4) is 0 Å². The molecule has 0 amide bonds. The van der Waals surface area contributed by atoms with Crippen molar-refractivity contribution in [2.75, 3.05) is 37.3 Å². The van der Waals surface area contributed by atoms with Crippen LogP contribution in [0.15, 0.2) is 64.5 Å². The molecule has 1 heterocycles. The number of nitrogens with one attached hydrogen (secondary N) is 2. The summed E-state index contributed by atoms with van der Waals surface area (Å²) in [5.74, 6) is 0.837. The molecule has 3 rings (SSSR count).